The lowest BCUT2D eigenvalue weighted by atomic mass is 10.1. The first-order chi connectivity index (χ1) is 9.63. The number of anilines is 1. The molecular formula is C15H12Br2N2O. The highest BCUT2D eigenvalue weighted by Crippen LogP contribution is 2.28. The fourth-order valence-electron chi connectivity index (χ4n) is 1.74. The van der Waals surface area contributed by atoms with Crippen molar-refractivity contribution in [3.05, 3.63) is 57.0 Å². The van der Waals surface area contributed by atoms with Gasteiger partial charge in [-0.15, -0.1) is 0 Å². The Morgan fingerprint density at radius 1 is 1.10 bits per heavy atom. The van der Waals surface area contributed by atoms with Crippen LogP contribution in [0.1, 0.15) is 11.6 Å². The molecule has 0 aliphatic heterocycles. The van der Waals surface area contributed by atoms with E-state index in [0.29, 0.717) is 0 Å². The molecule has 0 aromatic heterocycles. The number of hydrogen-bond acceptors (Lipinski definition) is 3. The Morgan fingerprint density at radius 2 is 1.80 bits per heavy atom. The number of nitriles is 1. The van der Waals surface area contributed by atoms with Crippen LogP contribution < -0.4 is 10.1 Å². The number of rotatable bonds is 4. The van der Waals surface area contributed by atoms with Crippen LogP contribution in [0.2, 0.25) is 0 Å². The fourth-order valence-corrected chi connectivity index (χ4v) is 2.38. The van der Waals surface area contributed by atoms with Crippen molar-refractivity contribution in [2.45, 2.75) is 6.04 Å². The first-order valence-corrected chi connectivity index (χ1v) is 7.48. The van der Waals surface area contributed by atoms with Gasteiger partial charge in [-0.05, 0) is 73.8 Å². The molecule has 0 spiro atoms. The van der Waals surface area contributed by atoms with E-state index >= 15 is 0 Å². The predicted molar refractivity (Wildman–Crippen MR) is 86.8 cm³/mol. The minimum Gasteiger partial charge on any atom is -0.497 e. The van der Waals surface area contributed by atoms with Gasteiger partial charge in [0, 0.05) is 14.6 Å². The topological polar surface area (TPSA) is 45.0 Å². The monoisotopic (exact) mass is 394 g/mol. The van der Waals surface area contributed by atoms with E-state index in [1.54, 1.807) is 7.11 Å². The normalized spacial score (nSPS) is 11.5. The Kier molecular flexibility index (Phi) is 5.05. The summed E-state index contributed by atoms with van der Waals surface area (Å²) in [6.07, 6.45) is 0. The highest BCUT2D eigenvalue weighted by molar-refractivity contribution is 9.13. The van der Waals surface area contributed by atoms with Crippen LogP contribution >= 0.6 is 31.9 Å². The second-order valence-electron chi connectivity index (χ2n) is 4.11. The zero-order chi connectivity index (χ0) is 14.5. The Labute approximate surface area is 134 Å². The summed E-state index contributed by atoms with van der Waals surface area (Å²) < 4.78 is 6.99. The van der Waals surface area contributed by atoms with Crippen molar-refractivity contribution in [1.82, 2.24) is 0 Å². The zero-order valence-corrected chi connectivity index (χ0v) is 13.9. The molecule has 1 unspecified atom stereocenters. The smallest absolute Gasteiger partial charge is 0.140 e. The average Bonchev–Trinajstić information content (AvgIpc) is 2.48. The molecule has 0 amide bonds. The molecule has 3 nitrogen and oxygen atoms in total. The molecule has 0 aliphatic rings. The average molecular weight is 396 g/mol. The van der Waals surface area contributed by atoms with E-state index in [1.165, 1.54) is 0 Å². The van der Waals surface area contributed by atoms with Crippen molar-refractivity contribution in [2.24, 2.45) is 0 Å². The number of ether oxygens (including phenoxy) is 1. The summed E-state index contributed by atoms with van der Waals surface area (Å²) in [6, 6.07) is 15.1. The van der Waals surface area contributed by atoms with Crippen molar-refractivity contribution in [3.8, 4) is 11.8 Å². The molecule has 0 saturated heterocycles. The number of benzene rings is 2. The third-order valence-corrected chi connectivity index (χ3v) is 4.69. The first kappa shape index (κ1) is 14.9. The highest BCUT2D eigenvalue weighted by atomic mass is 79.9. The molecule has 2 aromatic rings. The highest BCUT2D eigenvalue weighted by Gasteiger charge is 2.11. The van der Waals surface area contributed by atoms with E-state index in [9.17, 15) is 5.26 Å². The lowest BCUT2D eigenvalue weighted by molar-refractivity contribution is 0.415. The summed E-state index contributed by atoms with van der Waals surface area (Å²) in [5, 5.41) is 12.5. The largest absolute Gasteiger partial charge is 0.497 e. The van der Waals surface area contributed by atoms with Gasteiger partial charge in [0.1, 0.15) is 11.8 Å². The minimum atomic E-state index is -0.409. The number of methoxy groups -OCH3 is 1. The summed E-state index contributed by atoms with van der Waals surface area (Å²) >= 11 is 6.87. The molecule has 102 valence electrons. The lowest BCUT2D eigenvalue weighted by Crippen LogP contribution is -2.08. The zero-order valence-electron chi connectivity index (χ0n) is 10.7. The Balaban J connectivity index is 2.19. The van der Waals surface area contributed by atoms with Crippen molar-refractivity contribution in [2.75, 3.05) is 12.4 Å². The predicted octanol–water partition coefficient (Wildman–Crippen LogP) is 4.90. The van der Waals surface area contributed by atoms with Crippen LogP contribution in [0.15, 0.2) is 51.4 Å². The molecule has 0 fully saturated rings. The SMILES string of the molecule is COc1ccc(NC(C#N)c2ccc(Br)c(Br)c2)cc1. The van der Waals surface area contributed by atoms with Gasteiger partial charge in [0.05, 0.1) is 13.2 Å². The molecule has 1 N–H and O–H groups in total. The molecule has 0 heterocycles. The summed E-state index contributed by atoms with van der Waals surface area (Å²) in [7, 11) is 1.62. The Hall–Kier alpha value is -1.51. The van der Waals surface area contributed by atoms with Gasteiger partial charge in [0.2, 0.25) is 0 Å². The summed E-state index contributed by atoms with van der Waals surface area (Å²) in [4.78, 5) is 0. The van der Waals surface area contributed by atoms with Crippen LogP contribution in [-0.2, 0) is 0 Å². The van der Waals surface area contributed by atoms with Gasteiger partial charge < -0.3 is 10.1 Å². The van der Waals surface area contributed by atoms with Crippen molar-refractivity contribution in [1.29, 1.82) is 5.26 Å². The van der Waals surface area contributed by atoms with Crippen LogP contribution in [0.5, 0.6) is 5.75 Å². The van der Waals surface area contributed by atoms with Gasteiger partial charge in [0.15, 0.2) is 0 Å². The second kappa shape index (κ2) is 6.78. The lowest BCUT2D eigenvalue weighted by Gasteiger charge is -2.14. The molecule has 20 heavy (non-hydrogen) atoms. The van der Waals surface area contributed by atoms with Crippen molar-refractivity contribution in [3.63, 3.8) is 0 Å². The van der Waals surface area contributed by atoms with Gasteiger partial charge in [-0.1, -0.05) is 6.07 Å². The van der Waals surface area contributed by atoms with E-state index in [4.69, 9.17) is 4.74 Å². The molecule has 2 rings (SSSR count). The van der Waals surface area contributed by atoms with Gasteiger partial charge in [-0.2, -0.15) is 5.26 Å². The van der Waals surface area contributed by atoms with E-state index in [2.05, 4.69) is 43.2 Å². The van der Waals surface area contributed by atoms with Crippen molar-refractivity contribution >= 4 is 37.5 Å². The summed E-state index contributed by atoms with van der Waals surface area (Å²) in [5.41, 5.74) is 1.77. The second-order valence-corrected chi connectivity index (χ2v) is 5.82. The molecule has 1 atom stereocenters. The Morgan fingerprint density at radius 3 is 2.35 bits per heavy atom. The van der Waals surface area contributed by atoms with Crippen LogP contribution in [0.4, 0.5) is 5.69 Å². The maximum absolute atomic E-state index is 9.34. The number of nitrogens with zero attached hydrogens (tertiary/aromatic N) is 1. The van der Waals surface area contributed by atoms with Crippen LogP contribution in [0, 0.1) is 11.3 Å². The first-order valence-electron chi connectivity index (χ1n) is 5.89. The molecule has 0 bridgehead atoms. The third-order valence-electron chi connectivity index (χ3n) is 2.81. The van der Waals surface area contributed by atoms with E-state index in [0.717, 1.165) is 25.9 Å². The van der Waals surface area contributed by atoms with Gasteiger partial charge in [-0.3, -0.25) is 0 Å². The third kappa shape index (κ3) is 3.53. The standard InChI is InChI=1S/C15H12Br2N2O/c1-20-12-5-3-11(4-6-12)19-15(9-18)10-2-7-13(16)14(17)8-10/h2-8,15,19H,1H3. The molecule has 2 aromatic carbocycles. The van der Waals surface area contributed by atoms with Crippen molar-refractivity contribution < 1.29 is 4.74 Å². The quantitative estimate of drug-likeness (QED) is 0.800. The minimum absolute atomic E-state index is 0.409. The molecule has 5 heteroatoms. The van der Waals surface area contributed by atoms with E-state index < -0.39 is 6.04 Å². The number of hydrogen-bond donors (Lipinski definition) is 1. The molecule has 0 aliphatic carbocycles. The number of halogens is 2. The number of nitrogens with one attached hydrogen (secondary N) is 1. The van der Waals surface area contributed by atoms with Gasteiger partial charge >= 0.3 is 0 Å². The van der Waals surface area contributed by atoms with Gasteiger partial charge in [-0.25, -0.2) is 0 Å². The van der Waals surface area contributed by atoms with E-state index in [-0.39, 0.29) is 0 Å². The van der Waals surface area contributed by atoms with Crippen LogP contribution in [0.3, 0.4) is 0 Å². The van der Waals surface area contributed by atoms with Gasteiger partial charge in [0.25, 0.3) is 0 Å². The van der Waals surface area contributed by atoms with Crippen LogP contribution in [-0.4, -0.2) is 7.11 Å². The summed E-state index contributed by atoms with van der Waals surface area (Å²) in [5.74, 6) is 0.787. The molecule has 0 saturated carbocycles. The van der Waals surface area contributed by atoms with Crippen LogP contribution in [0.25, 0.3) is 0 Å². The maximum Gasteiger partial charge on any atom is 0.140 e. The maximum atomic E-state index is 9.34. The van der Waals surface area contributed by atoms with E-state index in [1.807, 2.05) is 42.5 Å². The Bertz CT molecular complexity index is 635. The summed E-state index contributed by atoms with van der Waals surface area (Å²) in [6.45, 7) is 0. The molecular weight excluding hydrogens is 384 g/mol. The molecule has 0 radical (unpaired) electrons. The fraction of sp³-hybridized carbons (Fsp3) is 0.133.